The summed E-state index contributed by atoms with van der Waals surface area (Å²) in [5.41, 5.74) is 2.30. The zero-order valence-electron chi connectivity index (χ0n) is 11.9. The van der Waals surface area contributed by atoms with Crippen molar-refractivity contribution in [2.24, 2.45) is 0 Å². The molecule has 1 heterocycles. The van der Waals surface area contributed by atoms with E-state index in [0.717, 1.165) is 17.0 Å². The van der Waals surface area contributed by atoms with E-state index in [1.165, 1.54) is 0 Å². The highest BCUT2D eigenvalue weighted by molar-refractivity contribution is 7.92. The Bertz CT molecular complexity index is 870. The average molecular weight is 313 g/mol. The summed E-state index contributed by atoms with van der Waals surface area (Å²) in [6.45, 7) is 1.86. The Morgan fingerprint density at radius 3 is 2.50 bits per heavy atom. The number of nitrogens with zero attached hydrogens (tertiary/aromatic N) is 1. The van der Waals surface area contributed by atoms with Crippen molar-refractivity contribution < 1.29 is 8.42 Å². The van der Waals surface area contributed by atoms with E-state index in [1.807, 2.05) is 25.1 Å². The van der Waals surface area contributed by atoms with Crippen LogP contribution in [0.3, 0.4) is 0 Å². The molecule has 0 amide bonds. The van der Waals surface area contributed by atoms with E-state index < -0.39 is 10.0 Å². The molecule has 0 saturated carbocycles. The standard InChI is InChI=1S/C16H15N3O2S/c1-12-3-2-4-15(11-12)22(20,21)19-14-7-5-13(6-8-14)16-17-9-10-18-16/h2-11,19H,1H3,(H,17,18). The van der Waals surface area contributed by atoms with Crippen LogP contribution in [0.1, 0.15) is 5.56 Å². The molecule has 0 fully saturated rings. The summed E-state index contributed by atoms with van der Waals surface area (Å²) >= 11 is 0. The molecule has 22 heavy (non-hydrogen) atoms. The number of rotatable bonds is 4. The number of hydrogen-bond acceptors (Lipinski definition) is 3. The highest BCUT2D eigenvalue weighted by Crippen LogP contribution is 2.20. The molecular weight excluding hydrogens is 298 g/mol. The van der Waals surface area contributed by atoms with Crippen LogP contribution in [0.15, 0.2) is 65.8 Å². The zero-order chi connectivity index (χ0) is 15.6. The second-order valence-corrected chi connectivity index (χ2v) is 6.62. The van der Waals surface area contributed by atoms with E-state index in [-0.39, 0.29) is 4.90 Å². The molecule has 0 aliphatic rings. The Balaban J connectivity index is 1.84. The van der Waals surface area contributed by atoms with Gasteiger partial charge in [0, 0.05) is 23.6 Å². The number of H-pyrrole nitrogens is 1. The van der Waals surface area contributed by atoms with Gasteiger partial charge in [-0.3, -0.25) is 4.72 Å². The average Bonchev–Trinajstić information content (AvgIpc) is 3.02. The van der Waals surface area contributed by atoms with Gasteiger partial charge < -0.3 is 4.98 Å². The summed E-state index contributed by atoms with van der Waals surface area (Å²) in [4.78, 5) is 7.41. The van der Waals surface area contributed by atoms with Crippen LogP contribution in [0.4, 0.5) is 5.69 Å². The zero-order valence-corrected chi connectivity index (χ0v) is 12.8. The van der Waals surface area contributed by atoms with Gasteiger partial charge in [0.2, 0.25) is 0 Å². The number of imidazole rings is 1. The lowest BCUT2D eigenvalue weighted by atomic mass is 10.2. The minimum absolute atomic E-state index is 0.252. The van der Waals surface area contributed by atoms with E-state index >= 15 is 0 Å². The third-order valence-corrected chi connectivity index (χ3v) is 4.59. The molecule has 3 rings (SSSR count). The molecule has 0 radical (unpaired) electrons. The topological polar surface area (TPSA) is 74.8 Å². The van der Waals surface area contributed by atoms with Gasteiger partial charge in [-0.25, -0.2) is 13.4 Å². The van der Waals surface area contributed by atoms with Gasteiger partial charge in [-0.05, 0) is 48.9 Å². The lowest BCUT2D eigenvalue weighted by Crippen LogP contribution is -2.12. The number of anilines is 1. The smallest absolute Gasteiger partial charge is 0.261 e. The Hall–Kier alpha value is -2.60. The monoisotopic (exact) mass is 313 g/mol. The predicted molar refractivity (Wildman–Crippen MR) is 86.0 cm³/mol. The largest absolute Gasteiger partial charge is 0.345 e. The molecule has 1 aromatic heterocycles. The van der Waals surface area contributed by atoms with Crippen LogP contribution in [0, 0.1) is 6.92 Å². The van der Waals surface area contributed by atoms with E-state index in [1.54, 1.807) is 42.7 Å². The van der Waals surface area contributed by atoms with Gasteiger partial charge in [0.25, 0.3) is 10.0 Å². The lowest BCUT2D eigenvalue weighted by molar-refractivity contribution is 0.601. The van der Waals surface area contributed by atoms with E-state index in [2.05, 4.69) is 14.7 Å². The van der Waals surface area contributed by atoms with Crippen molar-refractivity contribution in [2.75, 3.05) is 4.72 Å². The first-order chi connectivity index (χ1) is 10.5. The molecule has 0 atom stereocenters. The molecule has 2 N–H and O–H groups in total. The molecule has 112 valence electrons. The fourth-order valence-electron chi connectivity index (χ4n) is 2.12. The molecule has 0 aliphatic heterocycles. The SMILES string of the molecule is Cc1cccc(S(=O)(=O)Nc2ccc(-c3ncc[nH]3)cc2)c1. The van der Waals surface area contributed by atoms with Crippen LogP contribution < -0.4 is 4.72 Å². The lowest BCUT2D eigenvalue weighted by Gasteiger charge is -2.09. The van der Waals surface area contributed by atoms with Crippen LogP contribution in [0.25, 0.3) is 11.4 Å². The van der Waals surface area contributed by atoms with Gasteiger partial charge in [0.05, 0.1) is 4.90 Å². The molecule has 0 unspecified atom stereocenters. The molecular formula is C16H15N3O2S. The minimum Gasteiger partial charge on any atom is -0.345 e. The van der Waals surface area contributed by atoms with Gasteiger partial charge in [-0.2, -0.15) is 0 Å². The molecule has 5 nitrogen and oxygen atoms in total. The first-order valence-electron chi connectivity index (χ1n) is 6.74. The van der Waals surface area contributed by atoms with Gasteiger partial charge in [0.1, 0.15) is 5.82 Å². The maximum Gasteiger partial charge on any atom is 0.261 e. The van der Waals surface area contributed by atoms with Crippen LogP contribution in [0.2, 0.25) is 0 Å². The van der Waals surface area contributed by atoms with Crippen LogP contribution >= 0.6 is 0 Å². The second kappa shape index (κ2) is 5.65. The number of benzene rings is 2. The highest BCUT2D eigenvalue weighted by atomic mass is 32.2. The summed E-state index contributed by atoms with van der Waals surface area (Å²) in [5, 5.41) is 0. The molecule has 0 spiro atoms. The summed E-state index contributed by atoms with van der Waals surface area (Å²) in [7, 11) is -3.58. The maximum absolute atomic E-state index is 12.3. The van der Waals surface area contributed by atoms with Crippen molar-refractivity contribution in [1.29, 1.82) is 0 Å². The minimum atomic E-state index is -3.58. The van der Waals surface area contributed by atoms with Crippen molar-refractivity contribution in [3.8, 4) is 11.4 Å². The molecule has 2 aromatic carbocycles. The highest BCUT2D eigenvalue weighted by Gasteiger charge is 2.14. The number of aromatic nitrogens is 2. The van der Waals surface area contributed by atoms with Crippen molar-refractivity contribution in [2.45, 2.75) is 11.8 Å². The third kappa shape index (κ3) is 3.01. The number of nitrogens with one attached hydrogen (secondary N) is 2. The van der Waals surface area contributed by atoms with E-state index in [9.17, 15) is 8.42 Å². The number of aromatic amines is 1. The summed E-state index contributed by atoms with van der Waals surface area (Å²) < 4.78 is 27.3. The fraction of sp³-hybridized carbons (Fsp3) is 0.0625. The summed E-state index contributed by atoms with van der Waals surface area (Å²) in [6.07, 6.45) is 3.41. The van der Waals surface area contributed by atoms with Gasteiger partial charge in [-0.1, -0.05) is 12.1 Å². The molecule has 0 saturated heterocycles. The first kappa shape index (κ1) is 14.3. The maximum atomic E-state index is 12.3. The van der Waals surface area contributed by atoms with Crippen LogP contribution in [0.5, 0.6) is 0 Å². The number of hydrogen-bond donors (Lipinski definition) is 2. The molecule has 6 heteroatoms. The molecule has 0 bridgehead atoms. The summed E-state index contributed by atoms with van der Waals surface area (Å²) in [6, 6.07) is 13.9. The molecule has 0 aliphatic carbocycles. The quantitative estimate of drug-likeness (QED) is 0.777. The Labute approximate surface area is 129 Å². The number of aryl methyl sites for hydroxylation is 1. The third-order valence-electron chi connectivity index (χ3n) is 3.21. The summed E-state index contributed by atoms with van der Waals surface area (Å²) in [5.74, 6) is 0.744. The number of sulfonamides is 1. The van der Waals surface area contributed by atoms with E-state index in [0.29, 0.717) is 5.69 Å². The normalized spacial score (nSPS) is 11.3. The van der Waals surface area contributed by atoms with Crippen molar-refractivity contribution in [3.63, 3.8) is 0 Å². The fourth-order valence-corrected chi connectivity index (χ4v) is 3.28. The Morgan fingerprint density at radius 1 is 1.09 bits per heavy atom. The van der Waals surface area contributed by atoms with Crippen LogP contribution in [-0.2, 0) is 10.0 Å². The van der Waals surface area contributed by atoms with E-state index in [4.69, 9.17) is 0 Å². The predicted octanol–water partition coefficient (Wildman–Crippen LogP) is 3.19. The van der Waals surface area contributed by atoms with Gasteiger partial charge in [0.15, 0.2) is 0 Å². The van der Waals surface area contributed by atoms with Crippen LogP contribution in [-0.4, -0.2) is 18.4 Å². The second-order valence-electron chi connectivity index (χ2n) is 4.94. The van der Waals surface area contributed by atoms with Gasteiger partial charge >= 0.3 is 0 Å². The Kier molecular flexibility index (Phi) is 3.68. The van der Waals surface area contributed by atoms with Crippen molar-refractivity contribution in [3.05, 3.63) is 66.5 Å². The van der Waals surface area contributed by atoms with Gasteiger partial charge in [-0.15, -0.1) is 0 Å². The molecule has 3 aromatic rings. The Morgan fingerprint density at radius 2 is 1.86 bits per heavy atom. The first-order valence-corrected chi connectivity index (χ1v) is 8.22. The van der Waals surface area contributed by atoms with Crippen molar-refractivity contribution in [1.82, 2.24) is 9.97 Å². The van der Waals surface area contributed by atoms with Crippen molar-refractivity contribution >= 4 is 15.7 Å².